The lowest BCUT2D eigenvalue weighted by atomic mass is 10.0. The normalized spacial score (nSPS) is 12.0. The fraction of sp³-hybridized carbons (Fsp3) is 0.588. The van der Waals surface area contributed by atoms with Gasteiger partial charge in [-0.1, -0.05) is 33.1 Å². The van der Waals surface area contributed by atoms with Crippen molar-refractivity contribution in [3.05, 3.63) is 23.8 Å². The van der Waals surface area contributed by atoms with Crippen LogP contribution in [-0.2, 0) is 0 Å². The summed E-state index contributed by atoms with van der Waals surface area (Å²) >= 11 is 0. The van der Waals surface area contributed by atoms with Crippen LogP contribution in [0.5, 0.6) is 11.5 Å². The molecule has 0 saturated heterocycles. The minimum Gasteiger partial charge on any atom is -0.490 e. The van der Waals surface area contributed by atoms with Crippen LogP contribution in [0.2, 0.25) is 0 Å². The zero-order valence-electron chi connectivity index (χ0n) is 13.2. The molecule has 0 saturated carbocycles. The molecule has 4 nitrogen and oxygen atoms in total. The van der Waals surface area contributed by atoms with E-state index < -0.39 is 5.97 Å². The predicted molar refractivity (Wildman–Crippen MR) is 83.4 cm³/mol. The molecule has 1 unspecified atom stereocenters. The Bertz CT molecular complexity index is 442. The Kier molecular flexibility index (Phi) is 7.65. The number of carbonyl (C=O) groups is 1. The van der Waals surface area contributed by atoms with Crippen molar-refractivity contribution in [1.29, 1.82) is 0 Å². The smallest absolute Gasteiger partial charge is 0.335 e. The Morgan fingerprint density at radius 3 is 2.52 bits per heavy atom. The first kappa shape index (κ1) is 17.3. The molecule has 0 fully saturated rings. The number of carboxylic acids is 1. The monoisotopic (exact) mass is 294 g/mol. The van der Waals surface area contributed by atoms with E-state index in [9.17, 15) is 4.79 Å². The maximum absolute atomic E-state index is 11.0. The summed E-state index contributed by atoms with van der Waals surface area (Å²) in [5.41, 5.74) is 0.212. The van der Waals surface area contributed by atoms with Gasteiger partial charge in [-0.2, -0.15) is 0 Å². The number of ether oxygens (including phenoxy) is 2. The van der Waals surface area contributed by atoms with E-state index in [0.29, 0.717) is 30.6 Å². The van der Waals surface area contributed by atoms with Gasteiger partial charge in [0.1, 0.15) is 0 Å². The van der Waals surface area contributed by atoms with Crippen molar-refractivity contribution in [2.45, 2.75) is 46.5 Å². The SMILES string of the molecule is CCCCC(CC)COc1ccc(C(=O)O)cc1OCC. The van der Waals surface area contributed by atoms with Gasteiger partial charge in [0.25, 0.3) is 0 Å². The summed E-state index contributed by atoms with van der Waals surface area (Å²) in [5, 5.41) is 9.03. The van der Waals surface area contributed by atoms with Crippen LogP contribution < -0.4 is 9.47 Å². The second-order valence-electron chi connectivity index (χ2n) is 5.13. The Morgan fingerprint density at radius 2 is 1.95 bits per heavy atom. The number of hydrogen-bond acceptors (Lipinski definition) is 3. The summed E-state index contributed by atoms with van der Waals surface area (Å²) < 4.78 is 11.3. The van der Waals surface area contributed by atoms with Crippen LogP contribution in [0, 0.1) is 5.92 Å². The van der Waals surface area contributed by atoms with E-state index in [4.69, 9.17) is 14.6 Å². The third-order valence-corrected chi connectivity index (χ3v) is 3.51. The lowest BCUT2D eigenvalue weighted by molar-refractivity contribution is 0.0696. The molecule has 0 radical (unpaired) electrons. The number of rotatable bonds is 10. The van der Waals surface area contributed by atoms with Crippen molar-refractivity contribution in [3.63, 3.8) is 0 Å². The van der Waals surface area contributed by atoms with Crippen LogP contribution >= 0.6 is 0 Å². The van der Waals surface area contributed by atoms with Crippen LogP contribution in [0.3, 0.4) is 0 Å². The van der Waals surface area contributed by atoms with Gasteiger partial charge in [0, 0.05) is 0 Å². The topological polar surface area (TPSA) is 55.8 Å². The van der Waals surface area contributed by atoms with E-state index in [0.717, 1.165) is 12.8 Å². The molecule has 1 aromatic carbocycles. The maximum atomic E-state index is 11.0. The number of aromatic carboxylic acids is 1. The lowest BCUT2D eigenvalue weighted by Gasteiger charge is -2.17. The molecule has 1 aromatic rings. The van der Waals surface area contributed by atoms with Gasteiger partial charge in [-0.3, -0.25) is 0 Å². The van der Waals surface area contributed by atoms with Crippen LogP contribution in [0.15, 0.2) is 18.2 Å². The fourth-order valence-corrected chi connectivity index (χ4v) is 2.13. The zero-order valence-corrected chi connectivity index (χ0v) is 13.2. The van der Waals surface area contributed by atoms with Gasteiger partial charge in [-0.15, -0.1) is 0 Å². The van der Waals surface area contributed by atoms with Crippen LogP contribution in [-0.4, -0.2) is 24.3 Å². The van der Waals surface area contributed by atoms with E-state index >= 15 is 0 Å². The lowest BCUT2D eigenvalue weighted by Crippen LogP contribution is -2.12. The van der Waals surface area contributed by atoms with Gasteiger partial charge in [0.15, 0.2) is 11.5 Å². The summed E-state index contributed by atoms with van der Waals surface area (Å²) in [7, 11) is 0. The summed E-state index contributed by atoms with van der Waals surface area (Å²) in [4.78, 5) is 11.0. The van der Waals surface area contributed by atoms with Crippen molar-refractivity contribution >= 4 is 5.97 Å². The predicted octanol–water partition coefficient (Wildman–Crippen LogP) is 4.38. The van der Waals surface area contributed by atoms with Crippen molar-refractivity contribution < 1.29 is 19.4 Å². The van der Waals surface area contributed by atoms with E-state index in [1.165, 1.54) is 18.9 Å². The third-order valence-electron chi connectivity index (χ3n) is 3.51. The summed E-state index contributed by atoms with van der Waals surface area (Å²) in [6, 6.07) is 4.75. The quantitative estimate of drug-likeness (QED) is 0.695. The Labute approximate surface area is 127 Å². The molecule has 0 amide bonds. The summed E-state index contributed by atoms with van der Waals surface area (Å²) in [5.74, 6) is 0.690. The van der Waals surface area contributed by atoms with Crippen LogP contribution in [0.1, 0.15) is 56.8 Å². The first-order valence-corrected chi connectivity index (χ1v) is 7.75. The van der Waals surface area contributed by atoms with Crippen molar-refractivity contribution in [2.75, 3.05) is 13.2 Å². The Hall–Kier alpha value is -1.71. The molecule has 1 rings (SSSR count). The summed E-state index contributed by atoms with van der Waals surface area (Å²) in [6.07, 6.45) is 4.63. The zero-order chi connectivity index (χ0) is 15.7. The highest BCUT2D eigenvalue weighted by Gasteiger charge is 2.13. The molecule has 1 atom stereocenters. The third kappa shape index (κ3) is 5.66. The molecule has 0 heterocycles. The van der Waals surface area contributed by atoms with Crippen LogP contribution in [0.4, 0.5) is 0 Å². The molecule has 1 N–H and O–H groups in total. The van der Waals surface area contributed by atoms with Gasteiger partial charge in [0.05, 0.1) is 18.8 Å². The number of unbranched alkanes of at least 4 members (excludes halogenated alkanes) is 1. The average molecular weight is 294 g/mol. The van der Waals surface area contributed by atoms with E-state index in [-0.39, 0.29) is 5.56 Å². The fourth-order valence-electron chi connectivity index (χ4n) is 2.13. The summed E-state index contributed by atoms with van der Waals surface area (Å²) in [6.45, 7) is 7.34. The molecule has 0 bridgehead atoms. The van der Waals surface area contributed by atoms with E-state index in [1.54, 1.807) is 12.1 Å². The second-order valence-corrected chi connectivity index (χ2v) is 5.13. The van der Waals surface area contributed by atoms with Gasteiger partial charge >= 0.3 is 5.97 Å². The molecular formula is C17H26O4. The molecule has 21 heavy (non-hydrogen) atoms. The van der Waals surface area contributed by atoms with E-state index in [2.05, 4.69) is 13.8 Å². The van der Waals surface area contributed by atoms with Crippen molar-refractivity contribution in [1.82, 2.24) is 0 Å². The molecule has 0 spiro atoms. The number of benzene rings is 1. The first-order valence-electron chi connectivity index (χ1n) is 7.75. The standard InChI is InChI=1S/C17H26O4/c1-4-7-8-13(5-2)12-21-15-10-9-14(17(18)19)11-16(15)20-6-3/h9-11,13H,4-8,12H2,1-3H3,(H,18,19). The van der Waals surface area contributed by atoms with Crippen molar-refractivity contribution in [3.8, 4) is 11.5 Å². The van der Waals surface area contributed by atoms with Crippen LogP contribution in [0.25, 0.3) is 0 Å². The minimum absolute atomic E-state index is 0.212. The molecule has 0 aliphatic heterocycles. The number of carboxylic acid groups (broad SMARTS) is 1. The van der Waals surface area contributed by atoms with Gasteiger partial charge in [0.2, 0.25) is 0 Å². The van der Waals surface area contributed by atoms with Gasteiger partial charge < -0.3 is 14.6 Å². The molecule has 4 heteroatoms. The largest absolute Gasteiger partial charge is 0.490 e. The van der Waals surface area contributed by atoms with E-state index in [1.807, 2.05) is 6.92 Å². The minimum atomic E-state index is -0.961. The Morgan fingerprint density at radius 1 is 1.19 bits per heavy atom. The molecular weight excluding hydrogens is 268 g/mol. The molecule has 0 aliphatic carbocycles. The highest BCUT2D eigenvalue weighted by Crippen LogP contribution is 2.29. The second kappa shape index (κ2) is 9.27. The molecule has 0 aromatic heterocycles. The number of hydrogen-bond donors (Lipinski definition) is 1. The average Bonchev–Trinajstić information content (AvgIpc) is 2.48. The first-order chi connectivity index (χ1) is 10.1. The van der Waals surface area contributed by atoms with Gasteiger partial charge in [-0.05, 0) is 37.5 Å². The Balaban J connectivity index is 2.74. The molecule has 0 aliphatic rings. The highest BCUT2D eigenvalue weighted by molar-refractivity contribution is 5.88. The molecule has 118 valence electrons. The van der Waals surface area contributed by atoms with Crippen molar-refractivity contribution in [2.24, 2.45) is 5.92 Å². The maximum Gasteiger partial charge on any atom is 0.335 e. The highest BCUT2D eigenvalue weighted by atomic mass is 16.5. The van der Waals surface area contributed by atoms with Gasteiger partial charge in [-0.25, -0.2) is 4.79 Å².